The highest BCUT2D eigenvalue weighted by atomic mass is 127. The molecule has 0 atom stereocenters. The van der Waals surface area contributed by atoms with Crippen LogP contribution >= 0.6 is 24.0 Å². The summed E-state index contributed by atoms with van der Waals surface area (Å²) in [6.07, 6.45) is 4.74. The van der Waals surface area contributed by atoms with Crippen molar-refractivity contribution in [3.8, 4) is 0 Å². The highest BCUT2D eigenvalue weighted by Gasteiger charge is 2.20. The molecule has 1 aliphatic rings. The molecule has 0 bridgehead atoms. The summed E-state index contributed by atoms with van der Waals surface area (Å²) in [5, 5.41) is 6.68. The molecule has 0 unspecified atom stereocenters. The Balaban J connectivity index is 0.00000264. The van der Waals surface area contributed by atoms with E-state index in [4.69, 9.17) is 4.74 Å². The van der Waals surface area contributed by atoms with E-state index in [1.165, 1.54) is 24.0 Å². The summed E-state index contributed by atoms with van der Waals surface area (Å²) >= 11 is 0. The van der Waals surface area contributed by atoms with E-state index in [2.05, 4.69) is 46.8 Å². The van der Waals surface area contributed by atoms with Gasteiger partial charge in [0.2, 0.25) is 0 Å². The highest BCUT2D eigenvalue weighted by molar-refractivity contribution is 14.0. The second-order valence-corrected chi connectivity index (χ2v) is 6.04. The Labute approximate surface area is 157 Å². The average Bonchev–Trinajstić information content (AvgIpc) is 3.33. The lowest BCUT2D eigenvalue weighted by atomic mass is 10.1. The maximum Gasteiger partial charge on any atom is 0.190 e. The van der Waals surface area contributed by atoms with Crippen LogP contribution in [0, 0.1) is 12.8 Å². The van der Waals surface area contributed by atoms with Crippen LogP contribution < -0.4 is 10.6 Å². The molecular weight excluding hydrogens is 401 g/mol. The molecule has 5 heteroatoms. The molecule has 2 rings (SSSR count). The van der Waals surface area contributed by atoms with Crippen molar-refractivity contribution in [3.05, 3.63) is 35.4 Å². The van der Waals surface area contributed by atoms with Gasteiger partial charge in [-0.25, -0.2) is 0 Å². The van der Waals surface area contributed by atoms with Crippen molar-refractivity contribution >= 4 is 29.9 Å². The number of nitrogens with zero attached hydrogens (tertiary/aromatic N) is 1. The van der Waals surface area contributed by atoms with Crippen molar-refractivity contribution in [2.24, 2.45) is 10.9 Å². The number of aliphatic imine (C=N–C) groups is 1. The van der Waals surface area contributed by atoms with Gasteiger partial charge < -0.3 is 15.4 Å². The Hall–Kier alpha value is -0.820. The second-order valence-electron chi connectivity index (χ2n) is 6.04. The van der Waals surface area contributed by atoms with Gasteiger partial charge in [-0.05, 0) is 44.1 Å². The minimum atomic E-state index is 0. The molecule has 1 fully saturated rings. The van der Waals surface area contributed by atoms with Crippen LogP contribution in [-0.4, -0.2) is 39.3 Å². The maximum atomic E-state index is 5.62. The monoisotopic (exact) mass is 431 g/mol. The molecule has 1 aromatic carbocycles. The summed E-state index contributed by atoms with van der Waals surface area (Å²) in [5.41, 5.74) is 2.67. The predicted octanol–water partition coefficient (Wildman–Crippen LogP) is 3.14. The van der Waals surface area contributed by atoms with Gasteiger partial charge in [0.25, 0.3) is 0 Å². The first kappa shape index (κ1) is 20.2. The van der Waals surface area contributed by atoms with Gasteiger partial charge >= 0.3 is 0 Å². The van der Waals surface area contributed by atoms with Crippen molar-refractivity contribution in [1.29, 1.82) is 0 Å². The van der Waals surface area contributed by atoms with E-state index in [-0.39, 0.29) is 24.0 Å². The lowest BCUT2D eigenvalue weighted by Crippen LogP contribution is -2.39. The molecule has 0 aromatic heterocycles. The fourth-order valence-corrected chi connectivity index (χ4v) is 2.33. The van der Waals surface area contributed by atoms with E-state index in [0.29, 0.717) is 0 Å². The zero-order chi connectivity index (χ0) is 15.6. The minimum absolute atomic E-state index is 0. The van der Waals surface area contributed by atoms with Crippen LogP contribution in [0.4, 0.5) is 0 Å². The van der Waals surface area contributed by atoms with Crippen LogP contribution in [-0.2, 0) is 11.2 Å². The average molecular weight is 431 g/mol. The van der Waals surface area contributed by atoms with Gasteiger partial charge in [0.05, 0.1) is 0 Å². The number of guanidine groups is 1. The third kappa shape index (κ3) is 9.15. The number of ether oxygens (including phenoxy) is 1. The molecule has 130 valence electrons. The topological polar surface area (TPSA) is 45.7 Å². The molecule has 1 saturated carbocycles. The molecule has 1 aliphatic carbocycles. The van der Waals surface area contributed by atoms with Crippen LogP contribution in [0.2, 0.25) is 0 Å². The Morgan fingerprint density at radius 3 is 2.74 bits per heavy atom. The fourth-order valence-electron chi connectivity index (χ4n) is 2.33. The first-order chi connectivity index (χ1) is 10.8. The summed E-state index contributed by atoms with van der Waals surface area (Å²) in [5.74, 6) is 1.72. The van der Waals surface area contributed by atoms with Crippen molar-refractivity contribution in [2.75, 3.05) is 33.4 Å². The van der Waals surface area contributed by atoms with E-state index in [0.717, 1.165) is 51.0 Å². The molecule has 0 amide bonds. The molecule has 0 saturated heterocycles. The van der Waals surface area contributed by atoms with Gasteiger partial charge in [0, 0.05) is 33.4 Å². The van der Waals surface area contributed by atoms with Crippen LogP contribution in [0.5, 0.6) is 0 Å². The van der Waals surface area contributed by atoms with E-state index >= 15 is 0 Å². The Morgan fingerprint density at radius 1 is 1.26 bits per heavy atom. The third-order valence-electron chi connectivity index (χ3n) is 3.82. The minimum Gasteiger partial charge on any atom is -0.381 e. The van der Waals surface area contributed by atoms with Gasteiger partial charge in [-0.2, -0.15) is 0 Å². The van der Waals surface area contributed by atoms with Gasteiger partial charge in [-0.3, -0.25) is 4.99 Å². The maximum absolute atomic E-state index is 5.62. The summed E-state index contributed by atoms with van der Waals surface area (Å²) in [6.45, 7) is 5.70. The highest BCUT2D eigenvalue weighted by Crippen LogP contribution is 2.28. The predicted molar refractivity (Wildman–Crippen MR) is 108 cm³/mol. The molecule has 1 aromatic rings. The van der Waals surface area contributed by atoms with Crippen LogP contribution in [0.1, 0.15) is 30.4 Å². The fraction of sp³-hybridized carbons (Fsp3) is 0.611. The zero-order valence-electron chi connectivity index (χ0n) is 14.3. The van der Waals surface area contributed by atoms with E-state index in [1.54, 1.807) is 0 Å². The molecule has 0 spiro atoms. The Morgan fingerprint density at radius 2 is 2.04 bits per heavy atom. The van der Waals surface area contributed by atoms with Gasteiger partial charge in [0.15, 0.2) is 5.96 Å². The van der Waals surface area contributed by atoms with E-state index < -0.39 is 0 Å². The molecule has 0 radical (unpaired) electrons. The van der Waals surface area contributed by atoms with E-state index in [9.17, 15) is 0 Å². The van der Waals surface area contributed by atoms with Crippen molar-refractivity contribution in [2.45, 2.75) is 32.6 Å². The van der Waals surface area contributed by atoms with Gasteiger partial charge in [0.1, 0.15) is 0 Å². The lowest BCUT2D eigenvalue weighted by Gasteiger charge is -2.12. The molecule has 4 nitrogen and oxygen atoms in total. The van der Waals surface area contributed by atoms with Crippen LogP contribution in [0.25, 0.3) is 0 Å². The van der Waals surface area contributed by atoms with Crippen molar-refractivity contribution in [3.63, 3.8) is 0 Å². The quantitative estimate of drug-likeness (QED) is 0.273. The standard InChI is InChI=1S/C18H29N3O.HI/c1-15-5-3-6-16(13-15)9-11-21-18(19-2)20-10-4-12-22-14-17-7-8-17;/h3,5-6,13,17H,4,7-12,14H2,1-2H3,(H2,19,20,21);1H. The number of hydrogen-bond donors (Lipinski definition) is 2. The second kappa shape index (κ2) is 11.7. The van der Waals surface area contributed by atoms with Gasteiger partial charge in [-0.1, -0.05) is 29.8 Å². The zero-order valence-corrected chi connectivity index (χ0v) is 16.6. The molecule has 23 heavy (non-hydrogen) atoms. The van der Waals surface area contributed by atoms with E-state index in [1.807, 2.05) is 7.05 Å². The lowest BCUT2D eigenvalue weighted by molar-refractivity contribution is 0.123. The summed E-state index contributed by atoms with van der Waals surface area (Å²) in [4.78, 5) is 4.25. The summed E-state index contributed by atoms with van der Waals surface area (Å²) < 4.78 is 5.62. The smallest absolute Gasteiger partial charge is 0.190 e. The Bertz CT molecular complexity index is 475. The number of hydrogen-bond acceptors (Lipinski definition) is 2. The summed E-state index contributed by atoms with van der Waals surface area (Å²) in [6, 6.07) is 8.64. The van der Waals surface area contributed by atoms with Crippen molar-refractivity contribution in [1.82, 2.24) is 10.6 Å². The molecule has 0 aliphatic heterocycles. The normalized spacial score (nSPS) is 14.3. The number of halogens is 1. The molecular formula is C18H30IN3O. The third-order valence-corrected chi connectivity index (χ3v) is 3.82. The van der Waals surface area contributed by atoms with Crippen molar-refractivity contribution < 1.29 is 4.74 Å². The Kier molecular flexibility index (Phi) is 10.3. The first-order valence-corrected chi connectivity index (χ1v) is 8.35. The summed E-state index contributed by atoms with van der Waals surface area (Å²) in [7, 11) is 1.81. The number of nitrogens with one attached hydrogen (secondary N) is 2. The largest absolute Gasteiger partial charge is 0.381 e. The SMILES string of the molecule is CN=C(NCCCOCC1CC1)NCCc1cccc(C)c1.I. The van der Waals surface area contributed by atoms with Gasteiger partial charge in [-0.15, -0.1) is 24.0 Å². The molecule has 0 heterocycles. The number of aryl methyl sites for hydroxylation is 1. The van der Waals surface area contributed by atoms with Crippen LogP contribution in [0.3, 0.4) is 0 Å². The first-order valence-electron chi connectivity index (χ1n) is 8.35. The number of benzene rings is 1. The molecule has 2 N–H and O–H groups in total. The number of rotatable bonds is 9. The van der Waals surface area contributed by atoms with Crippen LogP contribution in [0.15, 0.2) is 29.3 Å².